The lowest BCUT2D eigenvalue weighted by molar-refractivity contribution is 0.0818. The Balaban J connectivity index is 1.51. The summed E-state index contributed by atoms with van der Waals surface area (Å²) in [6.07, 6.45) is 6.90. The molecule has 2 aliphatic rings. The normalized spacial score (nSPS) is 30.5. The van der Waals surface area contributed by atoms with Gasteiger partial charge in [0.25, 0.3) is 5.91 Å². The quantitative estimate of drug-likeness (QED) is 0.934. The molecule has 0 radical (unpaired) electrons. The van der Waals surface area contributed by atoms with Gasteiger partial charge >= 0.3 is 0 Å². The fourth-order valence-corrected chi connectivity index (χ4v) is 4.68. The van der Waals surface area contributed by atoms with Crippen molar-refractivity contribution in [3.63, 3.8) is 0 Å². The van der Waals surface area contributed by atoms with Gasteiger partial charge in [-0.2, -0.15) is 0 Å². The van der Waals surface area contributed by atoms with E-state index < -0.39 is 0 Å². The summed E-state index contributed by atoms with van der Waals surface area (Å²) < 4.78 is 5.31. The van der Waals surface area contributed by atoms with Crippen LogP contribution in [0, 0.1) is 16.7 Å². The van der Waals surface area contributed by atoms with E-state index in [1.54, 1.807) is 18.5 Å². The Labute approximate surface area is 141 Å². The van der Waals surface area contributed by atoms with Crippen LogP contribution in [0.15, 0.2) is 35.1 Å². The first-order valence-corrected chi connectivity index (χ1v) is 8.60. The summed E-state index contributed by atoms with van der Waals surface area (Å²) in [6, 6.07) is 5.61. The molecule has 0 saturated heterocycles. The maximum Gasteiger partial charge on any atom is 0.273 e. The molecule has 126 valence electrons. The molecule has 4 rings (SSSR count). The Morgan fingerprint density at radius 3 is 2.83 bits per heavy atom. The molecule has 1 amide bonds. The van der Waals surface area contributed by atoms with Crippen LogP contribution in [0.5, 0.6) is 0 Å². The first-order chi connectivity index (χ1) is 11.4. The SMILES string of the molecule is CC1(C)C2CCC1(C)C(NC(=O)c1cc(-c3cccnc3)on1)C2. The lowest BCUT2D eigenvalue weighted by Gasteiger charge is -2.39. The highest BCUT2D eigenvalue weighted by atomic mass is 16.5. The highest BCUT2D eigenvalue weighted by Gasteiger charge is 2.61. The van der Waals surface area contributed by atoms with E-state index in [9.17, 15) is 4.79 Å². The average Bonchev–Trinajstić information content (AvgIpc) is 3.19. The molecule has 2 fully saturated rings. The van der Waals surface area contributed by atoms with Crippen molar-refractivity contribution in [3.8, 4) is 11.3 Å². The Bertz CT molecular complexity index is 768. The van der Waals surface area contributed by atoms with Crippen LogP contribution in [0.3, 0.4) is 0 Å². The Morgan fingerprint density at radius 1 is 1.38 bits per heavy atom. The van der Waals surface area contributed by atoms with Crippen LogP contribution < -0.4 is 5.32 Å². The predicted molar refractivity (Wildman–Crippen MR) is 90.2 cm³/mol. The summed E-state index contributed by atoms with van der Waals surface area (Å²) in [5.74, 6) is 1.10. The summed E-state index contributed by atoms with van der Waals surface area (Å²) in [5.41, 5.74) is 1.58. The number of hydrogen-bond acceptors (Lipinski definition) is 4. The van der Waals surface area contributed by atoms with Crippen LogP contribution in [0.2, 0.25) is 0 Å². The number of rotatable bonds is 3. The van der Waals surface area contributed by atoms with E-state index in [0.29, 0.717) is 17.4 Å². The number of hydrogen-bond donors (Lipinski definition) is 1. The van der Waals surface area contributed by atoms with Crippen LogP contribution in [0.1, 0.15) is 50.5 Å². The van der Waals surface area contributed by atoms with Gasteiger partial charge in [0.15, 0.2) is 11.5 Å². The zero-order chi connectivity index (χ0) is 16.9. The van der Waals surface area contributed by atoms with Crippen molar-refractivity contribution >= 4 is 5.91 Å². The number of pyridine rings is 1. The van der Waals surface area contributed by atoms with Gasteiger partial charge in [0.1, 0.15) is 0 Å². The maximum absolute atomic E-state index is 12.6. The molecule has 2 saturated carbocycles. The smallest absolute Gasteiger partial charge is 0.273 e. The molecule has 24 heavy (non-hydrogen) atoms. The summed E-state index contributed by atoms with van der Waals surface area (Å²) >= 11 is 0. The van der Waals surface area contributed by atoms with Crippen molar-refractivity contribution in [1.82, 2.24) is 15.5 Å². The third-order valence-electron chi connectivity index (χ3n) is 6.79. The molecule has 3 atom stereocenters. The molecule has 2 aliphatic carbocycles. The van der Waals surface area contributed by atoms with Crippen molar-refractivity contribution < 1.29 is 9.32 Å². The molecule has 1 N–H and O–H groups in total. The molecule has 2 heterocycles. The van der Waals surface area contributed by atoms with Gasteiger partial charge in [-0.3, -0.25) is 9.78 Å². The number of carbonyl (C=O) groups excluding carboxylic acids is 1. The van der Waals surface area contributed by atoms with E-state index in [1.807, 2.05) is 12.1 Å². The first kappa shape index (κ1) is 15.4. The largest absolute Gasteiger partial charge is 0.355 e. The second kappa shape index (κ2) is 5.16. The van der Waals surface area contributed by atoms with Crippen molar-refractivity contribution in [1.29, 1.82) is 0 Å². The van der Waals surface area contributed by atoms with Gasteiger partial charge in [-0.05, 0) is 48.1 Å². The Hall–Kier alpha value is -2.17. The molecular weight excluding hydrogens is 302 g/mol. The summed E-state index contributed by atoms with van der Waals surface area (Å²) in [6.45, 7) is 7.00. The molecule has 2 aromatic heterocycles. The fraction of sp³-hybridized carbons (Fsp3) is 0.526. The van der Waals surface area contributed by atoms with Crippen LogP contribution >= 0.6 is 0 Å². The van der Waals surface area contributed by atoms with E-state index in [-0.39, 0.29) is 22.8 Å². The van der Waals surface area contributed by atoms with Crippen LogP contribution in [0.4, 0.5) is 0 Å². The molecule has 3 unspecified atom stereocenters. The molecule has 5 heteroatoms. The minimum absolute atomic E-state index is 0.150. The van der Waals surface area contributed by atoms with Gasteiger partial charge in [-0.1, -0.05) is 25.9 Å². The van der Waals surface area contributed by atoms with E-state index in [0.717, 1.165) is 12.0 Å². The summed E-state index contributed by atoms with van der Waals surface area (Å²) in [4.78, 5) is 16.7. The third-order valence-corrected chi connectivity index (χ3v) is 6.79. The second-order valence-electron chi connectivity index (χ2n) is 7.95. The van der Waals surface area contributed by atoms with Gasteiger partial charge in [-0.15, -0.1) is 0 Å². The Morgan fingerprint density at radius 2 is 2.21 bits per heavy atom. The van der Waals surface area contributed by atoms with Gasteiger partial charge in [0.2, 0.25) is 0 Å². The fourth-order valence-electron chi connectivity index (χ4n) is 4.68. The molecule has 0 aromatic carbocycles. The number of amides is 1. The lowest BCUT2D eigenvalue weighted by Crippen LogP contribution is -2.46. The molecule has 0 spiro atoms. The van der Waals surface area contributed by atoms with E-state index in [2.05, 4.69) is 36.2 Å². The highest BCUT2D eigenvalue weighted by Crippen LogP contribution is 2.65. The van der Waals surface area contributed by atoms with E-state index in [1.165, 1.54) is 12.8 Å². The molecule has 5 nitrogen and oxygen atoms in total. The van der Waals surface area contributed by atoms with Gasteiger partial charge in [0, 0.05) is 30.1 Å². The number of nitrogens with zero attached hydrogens (tertiary/aromatic N) is 2. The lowest BCUT2D eigenvalue weighted by atomic mass is 9.69. The number of carbonyl (C=O) groups is 1. The monoisotopic (exact) mass is 325 g/mol. The van der Waals surface area contributed by atoms with Gasteiger partial charge < -0.3 is 9.84 Å². The molecule has 2 aromatic rings. The minimum Gasteiger partial charge on any atom is -0.355 e. The third kappa shape index (κ3) is 2.10. The number of aromatic nitrogens is 2. The average molecular weight is 325 g/mol. The molecule has 2 bridgehead atoms. The van der Waals surface area contributed by atoms with Crippen LogP contribution in [-0.4, -0.2) is 22.1 Å². The molecular formula is C19H23N3O2. The van der Waals surface area contributed by atoms with Crippen molar-refractivity contribution in [2.45, 2.75) is 46.1 Å². The predicted octanol–water partition coefficient (Wildman–Crippen LogP) is 3.68. The van der Waals surface area contributed by atoms with Crippen molar-refractivity contribution in [2.75, 3.05) is 0 Å². The maximum atomic E-state index is 12.6. The second-order valence-corrected chi connectivity index (χ2v) is 7.95. The first-order valence-electron chi connectivity index (χ1n) is 8.60. The highest BCUT2D eigenvalue weighted by molar-refractivity contribution is 5.93. The van der Waals surface area contributed by atoms with E-state index in [4.69, 9.17) is 4.52 Å². The van der Waals surface area contributed by atoms with Gasteiger partial charge in [-0.25, -0.2) is 0 Å². The number of fused-ring (bicyclic) bond motifs is 2. The summed E-state index contributed by atoms with van der Waals surface area (Å²) in [5, 5.41) is 7.15. The minimum atomic E-state index is -0.150. The number of nitrogens with one attached hydrogen (secondary N) is 1. The topological polar surface area (TPSA) is 68.0 Å². The zero-order valence-corrected chi connectivity index (χ0v) is 14.4. The standard InChI is InChI=1S/C19H23N3O2/c1-18(2)13-6-7-19(18,3)16(9-13)21-17(23)14-10-15(24-22-14)12-5-4-8-20-11-12/h4-5,8,10-11,13,16H,6-7,9H2,1-3H3,(H,21,23). The van der Waals surface area contributed by atoms with E-state index >= 15 is 0 Å². The summed E-state index contributed by atoms with van der Waals surface area (Å²) in [7, 11) is 0. The Kier molecular flexibility index (Phi) is 3.31. The van der Waals surface area contributed by atoms with Crippen molar-refractivity contribution in [2.24, 2.45) is 16.7 Å². The van der Waals surface area contributed by atoms with Crippen molar-refractivity contribution in [3.05, 3.63) is 36.3 Å². The zero-order valence-electron chi connectivity index (χ0n) is 14.4. The van der Waals surface area contributed by atoms with Crippen LogP contribution in [0.25, 0.3) is 11.3 Å². The van der Waals surface area contributed by atoms with Gasteiger partial charge in [0.05, 0.1) is 0 Å². The molecule has 0 aliphatic heterocycles. The van der Waals surface area contributed by atoms with Crippen LogP contribution in [-0.2, 0) is 0 Å².